The van der Waals surface area contributed by atoms with Crippen molar-refractivity contribution in [2.75, 3.05) is 0 Å². The van der Waals surface area contributed by atoms with Crippen molar-refractivity contribution >= 4 is 20.1 Å². The predicted molar refractivity (Wildman–Crippen MR) is 6.44 cm³/mol. The zero-order valence-corrected chi connectivity index (χ0v) is 17.0. The van der Waals surface area contributed by atoms with E-state index in [0.29, 0.717) is 0 Å². The van der Waals surface area contributed by atoms with E-state index in [9.17, 15) is 0 Å². The molecule has 32 valence electrons. The molecular weight excluding hydrogens is 303 g/mol. The number of rotatable bonds is 0. The topological polar surface area (TPSA) is 86.2 Å². The van der Waals surface area contributed by atoms with E-state index in [4.69, 9.17) is 13.2 Å². The molecule has 0 spiro atoms. The third-order valence-electron chi connectivity index (χ3n) is 0. The van der Waals surface area contributed by atoms with Crippen LogP contribution in [0.25, 0.3) is 0 Å². The Labute approximate surface area is 181 Å². The van der Waals surface area contributed by atoms with Gasteiger partial charge in [0, 0.05) is 0 Å². The Balaban J connectivity index is -0.0000000267. The van der Waals surface area contributed by atoms with Crippen LogP contribution in [-0.2, 0) is 3.02 Å². The summed E-state index contributed by atoms with van der Waals surface area (Å²) in [5.41, 5.74) is 0. The molecule has 0 aromatic rings. The van der Waals surface area contributed by atoms with E-state index >= 15 is 0 Å². The van der Waals surface area contributed by atoms with Crippen LogP contribution >= 0.6 is 0 Å². The summed E-state index contributed by atoms with van der Waals surface area (Å²) < 4.78 is 34.6. The van der Waals surface area contributed by atoms with E-state index < -0.39 is 20.1 Å². The van der Waals surface area contributed by atoms with Gasteiger partial charge in [-0.05, 0) is 0 Å². The summed E-state index contributed by atoms with van der Waals surface area (Å²) >= 11 is -6.10. The molecule has 0 heterocycles. The molecule has 0 radical (unpaired) electrons. The van der Waals surface area contributed by atoms with E-state index in [0.717, 1.165) is 0 Å². The molecule has 0 aromatic carbocycles. The molecule has 0 aliphatic carbocycles. The van der Waals surface area contributed by atoms with Gasteiger partial charge in [0.15, 0.2) is 0 Å². The summed E-state index contributed by atoms with van der Waals surface area (Å²) in [5.74, 6) is 0. The standard InChI is InChI=1S/3K.4O.Sb/q3*+1;;3*-1;. The third-order valence-corrected chi connectivity index (χ3v) is 0. The van der Waals surface area contributed by atoms with Crippen molar-refractivity contribution in [3.63, 3.8) is 0 Å². The Kier molecular flexibility index (Phi) is 36.2. The molecule has 0 fully saturated rings. The first kappa shape index (κ1) is 23.3. The van der Waals surface area contributed by atoms with Crippen molar-refractivity contribution in [1.29, 1.82) is 0 Å². The average molecular weight is 303 g/mol. The molecule has 0 rings (SSSR count). The van der Waals surface area contributed by atoms with Crippen LogP contribution in [0.3, 0.4) is 0 Å². The van der Waals surface area contributed by atoms with Crippen molar-refractivity contribution < 1.29 is 167 Å². The fraction of sp³-hybridized carbons (Fsp3) is 0. The number of hydrogen-bond acceptors (Lipinski definition) is 4. The van der Waals surface area contributed by atoms with E-state index in [-0.39, 0.29) is 154 Å². The Hall–Kier alpha value is 5.41. The van der Waals surface area contributed by atoms with Crippen molar-refractivity contribution in [1.82, 2.24) is 0 Å². The summed E-state index contributed by atoms with van der Waals surface area (Å²) in [7, 11) is 0. The van der Waals surface area contributed by atoms with Gasteiger partial charge in [0.25, 0.3) is 0 Å². The SMILES string of the molecule is [K+].[K+].[K+].[O]=[Sb]([O-])([O-])[O-]. The van der Waals surface area contributed by atoms with Gasteiger partial charge in [-0.3, -0.25) is 0 Å². The Morgan fingerprint density at radius 2 is 0.875 bits per heavy atom. The van der Waals surface area contributed by atoms with E-state index in [1.54, 1.807) is 0 Å². The molecule has 4 nitrogen and oxygen atoms in total. The summed E-state index contributed by atoms with van der Waals surface area (Å²) in [6.07, 6.45) is 0. The van der Waals surface area contributed by atoms with Crippen LogP contribution in [0, 0.1) is 0 Å². The van der Waals surface area contributed by atoms with E-state index in [1.807, 2.05) is 0 Å². The quantitative estimate of drug-likeness (QED) is 0.416. The molecule has 8 heavy (non-hydrogen) atoms. The van der Waals surface area contributed by atoms with Gasteiger partial charge in [0.1, 0.15) is 0 Å². The Bertz CT molecular complexity index is 57.4. The molecule has 0 atom stereocenters. The van der Waals surface area contributed by atoms with Gasteiger partial charge in [0.05, 0.1) is 0 Å². The molecular formula is K3O4Sb. The fourth-order valence-electron chi connectivity index (χ4n) is 0. The number of hydrogen-bond donors (Lipinski definition) is 0. The molecule has 0 bridgehead atoms. The van der Waals surface area contributed by atoms with Gasteiger partial charge in [-0.1, -0.05) is 0 Å². The first-order valence-corrected chi connectivity index (χ1v) is 4.90. The normalized spacial score (nSPS) is 7.38. The maximum atomic E-state index is 8.64. The average Bonchev–Trinajstić information content (AvgIpc) is 0.722. The first-order chi connectivity index (χ1) is 2.00. The van der Waals surface area contributed by atoms with Gasteiger partial charge in [0.2, 0.25) is 0 Å². The minimum absolute atomic E-state index is 0. The Morgan fingerprint density at radius 1 is 0.875 bits per heavy atom. The van der Waals surface area contributed by atoms with Gasteiger partial charge in [-0.15, -0.1) is 0 Å². The van der Waals surface area contributed by atoms with Crippen LogP contribution in [0.4, 0.5) is 0 Å². The monoisotopic (exact) mass is 302 g/mol. The first-order valence-electron chi connectivity index (χ1n) is 0.730. The minimum atomic E-state index is -6.10. The maximum absolute atomic E-state index is 8.64. The molecule has 0 aliphatic rings. The zero-order chi connectivity index (χ0) is 4.50. The summed E-state index contributed by atoms with van der Waals surface area (Å²) in [6.45, 7) is 0. The van der Waals surface area contributed by atoms with Crippen molar-refractivity contribution in [2.24, 2.45) is 0 Å². The van der Waals surface area contributed by atoms with Crippen molar-refractivity contribution in [3.8, 4) is 0 Å². The molecule has 0 aromatic heterocycles. The van der Waals surface area contributed by atoms with Crippen LogP contribution in [0.15, 0.2) is 0 Å². The second-order valence-corrected chi connectivity index (χ2v) is 3.00. The van der Waals surface area contributed by atoms with Crippen molar-refractivity contribution in [2.45, 2.75) is 0 Å². The summed E-state index contributed by atoms with van der Waals surface area (Å²) in [5, 5.41) is 0. The van der Waals surface area contributed by atoms with Crippen LogP contribution in [0.2, 0.25) is 0 Å². The predicted octanol–water partition coefficient (Wildman–Crippen LogP) is -13.1. The second kappa shape index (κ2) is 12.4. The molecule has 0 amide bonds. The molecule has 0 unspecified atom stereocenters. The van der Waals surface area contributed by atoms with Crippen LogP contribution in [-0.4, -0.2) is 20.1 Å². The van der Waals surface area contributed by atoms with E-state index in [2.05, 4.69) is 0 Å². The molecule has 0 saturated heterocycles. The van der Waals surface area contributed by atoms with Gasteiger partial charge < -0.3 is 0 Å². The van der Waals surface area contributed by atoms with Gasteiger partial charge >= 0.3 is 187 Å². The summed E-state index contributed by atoms with van der Waals surface area (Å²) in [4.78, 5) is 0. The molecule has 8 heteroatoms. The van der Waals surface area contributed by atoms with Gasteiger partial charge in [-0.25, -0.2) is 0 Å². The molecule has 0 N–H and O–H groups in total. The van der Waals surface area contributed by atoms with Gasteiger partial charge in [-0.2, -0.15) is 0 Å². The fourth-order valence-corrected chi connectivity index (χ4v) is 0. The third kappa shape index (κ3) is 42.3. The van der Waals surface area contributed by atoms with Crippen molar-refractivity contribution in [3.05, 3.63) is 0 Å². The van der Waals surface area contributed by atoms with Crippen LogP contribution in [0.1, 0.15) is 0 Å². The zero-order valence-electron chi connectivity index (χ0n) is 5.08. The molecule has 0 aliphatic heterocycles. The molecule has 0 saturated carbocycles. The van der Waals surface area contributed by atoms with E-state index in [1.165, 1.54) is 0 Å². The Morgan fingerprint density at radius 3 is 0.875 bits per heavy atom. The second-order valence-electron chi connectivity index (χ2n) is 0.447. The summed E-state index contributed by atoms with van der Waals surface area (Å²) in [6, 6.07) is 0. The van der Waals surface area contributed by atoms with Crippen LogP contribution < -0.4 is 164 Å². The van der Waals surface area contributed by atoms with Crippen LogP contribution in [0.5, 0.6) is 0 Å².